The third kappa shape index (κ3) is 3.03. The van der Waals surface area contributed by atoms with Crippen molar-refractivity contribution in [2.24, 2.45) is 7.05 Å². The van der Waals surface area contributed by atoms with Crippen LogP contribution in [-0.4, -0.2) is 24.7 Å². The molecule has 0 fully saturated rings. The maximum atomic E-state index is 4.68. The highest BCUT2D eigenvalue weighted by Crippen LogP contribution is 2.26. The number of anilines is 1. The summed E-state index contributed by atoms with van der Waals surface area (Å²) < 4.78 is 1.80. The lowest BCUT2D eigenvalue weighted by atomic mass is 9.96. The summed E-state index contributed by atoms with van der Waals surface area (Å²) in [6.45, 7) is 2.63. The topological polar surface area (TPSA) is 68.5 Å². The number of hydrogen-bond donors (Lipinski definition) is 1. The number of hydrogen-bond acceptors (Lipinski definition) is 6. The van der Waals surface area contributed by atoms with Crippen LogP contribution in [0.15, 0.2) is 17.6 Å². The molecule has 0 radical (unpaired) electrons. The molecule has 3 aromatic heterocycles. The van der Waals surface area contributed by atoms with Gasteiger partial charge in [-0.15, -0.1) is 11.3 Å². The second kappa shape index (κ2) is 6.32. The maximum Gasteiger partial charge on any atom is 0.144 e. The molecular formula is C17H20N6S. The summed E-state index contributed by atoms with van der Waals surface area (Å²) in [5.41, 5.74) is 4.43. The number of rotatable bonds is 4. The first-order chi connectivity index (χ1) is 11.7. The fraction of sp³-hybridized carbons (Fsp3) is 0.412. The van der Waals surface area contributed by atoms with E-state index >= 15 is 0 Å². The van der Waals surface area contributed by atoms with Crippen molar-refractivity contribution in [1.82, 2.24) is 24.7 Å². The van der Waals surface area contributed by atoms with Gasteiger partial charge in [0.1, 0.15) is 22.3 Å². The van der Waals surface area contributed by atoms with Gasteiger partial charge in [-0.05, 0) is 38.7 Å². The Bertz CT molecular complexity index is 866. The number of fused-ring (bicyclic) bond motifs is 1. The Balaban J connectivity index is 1.51. The van der Waals surface area contributed by atoms with Gasteiger partial charge in [0.15, 0.2) is 0 Å². The largest absolute Gasteiger partial charge is 0.364 e. The normalized spacial score (nSPS) is 13.8. The van der Waals surface area contributed by atoms with E-state index in [4.69, 9.17) is 0 Å². The van der Waals surface area contributed by atoms with Gasteiger partial charge < -0.3 is 5.32 Å². The SMILES string of the molecule is Cc1nc2c(c(NCc3csc(-c4ccn(C)n4)n3)n1)CCCC2. The van der Waals surface area contributed by atoms with Crippen LogP contribution in [0.3, 0.4) is 0 Å². The summed E-state index contributed by atoms with van der Waals surface area (Å²) in [7, 11) is 1.92. The third-order valence-electron chi connectivity index (χ3n) is 4.22. The summed E-state index contributed by atoms with van der Waals surface area (Å²) in [5.74, 6) is 1.81. The molecule has 7 heteroatoms. The third-order valence-corrected chi connectivity index (χ3v) is 5.13. The molecule has 0 saturated carbocycles. The van der Waals surface area contributed by atoms with Crippen LogP contribution in [0.1, 0.15) is 35.6 Å². The minimum Gasteiger partial charge on any atom is -0.364 e. The highest BCUT2D eigenvalue weighted by Gasteiger charge is 2.17. The predicted molar refractivity (Wildman–Crippen MR) is 95.1 cm³/mol. The van der Waals surface area contributed by atoms with E-state index in [1.165, 1.54) is 24.1 Å². The highest BCUT2D eigenvalue weighted by molar-refractivity contribution is 7.13. The summed E-state index contributed by atoms with van der Waals surface area (Å²) >= 11 is 1.62. The molecule has 4 rings (SSSR count). The molecule has 0 amide bonds. The summed E-state index contributed by atoms with van der Waals surface area (Å²) in [6, 6.07) is 1.99. The zero-order valence-corrected chi connectivity index (χ0v) is 14.7. The maximum absolute atomic E-state index is 4.68. The molecule has 24 heavy (non-hydrogen) atoms. The summed E-state index contributed by atoms with van der Waals surface area (Å²) in [6.07, 6.45) is 6.50. The monoisotopic (exact) mass is 340 g/mol. The van der Waals surface area contributed by atoms with E-state index in [1.807, 2.05) is 26.2 Å². The van der Waals surface area contributed by atoms with Crippen LogP contribution in [-0.2, 0) is 26.4 Å². The van der Waals surface area contributed by atoms with Crippen LogP contribution >= 0.6 is 11.3 Å². The van der Waals surface area contributed by atoms with Crippen molar-refractivity contribution in [3.05, 3.63) is 40.4 Å². The molecule has 0 saturated heterocycles. The molecule has 3 heterocycles. The Morgan fingerprint density at radius 2 is 2.08 bits per heavy atom. The molecule has 0 aromatic carbocycles. The van der Waals surface area contributed by atoms with Crippen molar-refractivity contribution in [2.75, 3.05) is 5.32 Å². The first-order valence-electron chi connectivity index (χ1n) is 8.24. The van der Waals surface area contributed by atoms with Gasteiger partial charge in [0, 0.05) is 29.9 Å². The fourth-order valence-electron chi connectivity index (χ4n) is 3.07. The molecule has 1 aliphatic carbocycles. The van der Waals surface area contributed by atoms with E-state index in [-0.39, 0.29) is 0 Å². The van der Waals surface area contributed by atoms with Crippen molar-refractivity contribution >= 4 is 17.2 Å². The van der Waals surface area contributed by atoms with Crippen LogP contribution in [0.2, 0.25) is 0 Å². The lowest BCUT2D eigenvalue weighted by molar-refractivity contribution is 0.659. The lowest BCUT2D eigenvalue weighted by Crippen LogP contribution is -2.13. The fourth-order valence-corrected chi connectivity index (χ4v) is 3.86. The number of aromatic nitrogens is 5. The van der Waals surface area contributed by atoms with E-state index in [1.54, 1.807) is 16.0 Å². The Morgan fingerprint density at radius 1 is 1.21 bits per heavy atom. The van der Waals surface area contributed by atoms with E-state index in [9.17, 15) is 0 Å². The molecule has 3 aromatic rings. The standard InChI is InChI=1S/C17H20N6S/c1-11-19-14-6-4-3-5-13(14)16(20-11)18-9-12-10-24-17(21-12)15-7-8-23(2)22-15/h7-8,10H,3-6,9H2,1-2H3,(H,18,19,20). The molecule has 0 unspecified atom stereocenters. The number of nitrogens with zero attached hydrogens (tertiary/aromatic N) is 5. The van der Waals surface area contributed by atoms with Crippen molar-refractivity contribution in [1.29, 1.82) is 0 Å². The molecule has 0 spiro atoms. The second-order valence-corrected chi connectivity index (χ2v) is 6.98. The minimum absolute atomic E-state index is 0.673. The number of nitrogens with one attached hydrogen (secondary N) is 1. The van der Waals surface area contributed by atoms with E-state index < -0.39 is 0 Å². The quantitative estimate of drug-likeness (QED) is 0.790. The first-order valence-corrected chi connectivity index (χ1v) is 9.12. The van der Waals surface area contributed by atoms with E-state index in [0.717, 1.165) is 40.9 Å². The van der Waals surface area contributed by atoms with Crippen LogP contribution in [0.25, 0.3) is 10.7 Å². The summed E-state index contributed by atoms with van der Waals surface area (Å²) in [5, 5.41) is 10.9. The zero-order chi connectivity index (χ0) is 16.5. The van der Waals surface area contributed by atoms with E-state index in [0.29, 0.717) is 6.54 Å². The minimum atomic E-state index is 0.673. The lowest BCUT2D eigenvalue weighted by Gasteiger charge is -2.18. The van der Waals surface area contributed by atoms with Gasteiger partial charge in [-0.1, -0.05) is 0 Å². The molecule has 0 aliphatic heterocycles. The van der Waals surface area contributed by atoms with Crippen molar-refractivity contribution in [2.45, 2.75) is 39.2 Å². The average molecular weight is 340 g/mol. The average Bonchev–Trinajstić information content (AvgIpc) is 3.21. The van der Waals surface area contributed by atoms with Crippen molar-refractivity contribution in [3.63, 3.8) is 0 Å². The molecule has 1 aliphatic rings. The van der Waals surface area contributed by atoms with Crippen molar-refractivity contribution < 1.29 is 0 Å². The first kappa shape index (κ1) is 15.3. The van der Waals surface area contributed by atoms with Gasteiger partial charge >= 0.3 is 0 Å². The van der Waals surface area contributed by atoms with Gasteiger partial charge in [0.25, 0.3) is 0 Å². The van der Waals surface area contributed by atoms with Gasteiger partial charge in [-0.25, -0.2) is 15.0 Å². The zero-order valence-electron chi connectivity index (χ0n) is 13.9. The van der Waals surface area contributed by atoms with Gasteiger partial charge in [-0.2, -0.15) is 5.10 Å². The molecule has 6 nitrogen and oxygen atoms in total. The van der Waals surface area contributed by atoms with Crippen molar-refractivity contribution in [3.8, 4) is 10.7 Å². The molecule has 1 N–H and O–H groups in total. The van der Waals surface area contributed by atoms with Crippen LogP contribution < -0.4 is 5.32 Å². The molecule has 0 bridgehead atoms. The van der Waals surface area contributed by atoms with E-state index in [2.05, 4.69) is 30.7 Å². The van der Waals surface area contributed by atoms with Gasteiger partial charge in [0.2, 0.25) is 0 Å². The number of aryl methyl sites for hydroxylation is 3. The Kier molecular flexibility index (Phi) is 4.02. The Labute approximate surface area is 145 Å². The second-order valence-electron chi connectivity index (χ2n) is 6.12. The van der Waals surface area contributed by atoms with Crippen LogP contribution in [0, 0.1) is 6.92 Å². The van der Waals surface area contributed by atoms with Gasteiger partial charge in [-0.3, -0.25) is 4.68 Å². The Hall–Kier alpha value is -2.28. The molecular weight excluding hydrogens is 320 g/mol. The van der Waals surface area contributed by atoms with Crippen LogP contribution in [0.4, 0.5) is 5.82 Å². The summed E-state index contributed by atoms with van der Waals surface area (Å²) in [4.78, 5) is 13.9. The number of thiazole rings is 1. The highest BCUT2D eigenvalue weighted by atomic mass is 32.1. The smallest absolute Gasteiger partial charge is 0.144 e. The van der Waals surface area contributed by atoms with Gasteiger partial charge in [0.05, 0.1) is 12.2 Å². The van der Waals surface area contributed by atoms with Crippen LogP contribution in [0.5, 0.6) is 0 Å². The predicted octanol–water partition coefficient (Wildman–Crippen LogP) is 3.13. The Morgan fingerprint density at radius 3 is 2.92 bits per heavy atom. The molecule has 0 atom stereocenters. The molecule has 124 valence electrons.